The number of rotatable bonds is 4. The fraction of sp³-hybridized carbons (Fsp3) is 0.312. The van der Waals surface area contributed by atoms with Crippen LogP contribution in [0.1, 0.15) is 6.23 Å². The lowest BCUT2D eigenvalue weighted by molar-refractivity contribution is -0.401. The Kier molecular flexibility index (Phi) is 4.15. The van der Waals surface area contributed by atoms with E-state index in [4.69, 9.17) is 9.15 Å². The summed E-state index contributed by atoms with van der Waals surface area (Å²) in [5, 5.41) is 40.6. The van der Waals surface area contributed by atoms with Gasteiger partial charge in [-0.2, -0.15) is 0 Å². The van der Waals surface area contributed by atoms with Gasteiger partial charge in [0.15, 0.2) is 17.8 Å². The number of hydrogen-bond acceptors (Lipinski definition) is 8. The van der Waals surface area contributed by atoms with Crippen molar-refractivity contribution >= 4 is 16.9 Å². The van der Waals surface area contributed by atoms with Gasteiger partial charge in [0.25, 0.3) is 0 Å². The predicted molar refractivity (Wildman–Crippen MR) is 87.1 cm³/mol. The molecule has 1 fully saturated rings. The second-order valence-electron chi connectivity index (χ2n) is 6.06. The molecular weight excluding hydrogens is 365 g/mol. The van der Waals surface area contributed by atoms with Gasteiger partial charge >= 0.3 is 5.88 Å². The number of furan rings is 1. The Balaban J connectivity index is 1.90. The number of nitro groups is 1. The van der Waals surface area contributed by atoms with Crippen molar-refractivity contribution in [2.75, 3.05) is 6.61 Å². The van der Waals surface area contributed by atoms with Crippen LogP contribution in [0.5, 0.6) is 0 Å². The van der Waals surface area contributed by atoms with Crippen molar-refractivity contribution in [1.82, 2.24) is 9.55 Å². The molecule has 0 amide bonds. The van der Waals surface area contributed by atoms with Crippen molar-refractivity contribution in [2.45, 2.75) is 24.5 Å². The van der Waals surface area contributed by atoms with Crippen molar-refractivity contribution < 1.29 is 33.8 Å². The zero-order chi connectivity index (χ0) is 19.3. The maximum Gasteiger partial charge on any atom is 0.433 e. The molecule has 3 aromatic rings. The molecule has 142 valence electrons. The standard InChI is InChI=1S/C16H14FN3O7/c17-7-1-2-9-8(5-7)18-15(10-3-4-12(26-10)20(24)25)19(9)16-14(23)13(22)11(6-21)27-16/h1-5,11,13-14,16,21-23H,6H2/t11-,13-,14-,16-/m0/s1. The third-order valence-corrected chi connectivity index (χ3v) is 4.42. The van der Waals surface area contributed by atoms with Crippen molar-refractivity contribution in [3.63, 3.8) is 0 Å². The first-order valence-corrected chi connectivity index (χ1v) is 7.95. The maximum atomic E-state index is 13.6. The molecule has 2 aromatic heterocycles. The molecule has 0 spiro atoms. The third kappa shape index (κ3) is 2.77. The molecule has 0 aliphatic carbocycles. The smallest absolute Gasteiger partial charge is 0.397 e. The number of halogens is 1. The van der Waals surface area contributed by atoms with Gasteiger partial charge in [-0.05, 0) is 18.2 Å². The van der Waals surface area contributed by atoms with Gasteiger partial charge in [0.1, 0.15) is 29.1 Å². The summed E-state index contributed by atoms with van der Waals surface area (Å²) in [6, 6.07) is 6.17. The van der Waals surface area contributed by atoms with Gasteiger partial charge in [-0.1, -0.05) is 0 Å². The average molecular weight is 379 g/mol. The first-order chi connectivity index (χ1) is 12.9. The van der Waals surface area contributed by atoms with E-state index in [-0.39, 0.29) is 17.1 Å². The molecular formula is C16H14FN3O7. The lowest BCUT2D eigenvalue weighted by Crippen LogP contribution is -2.33. The van der Waals surface area contributed by atoms with E-state index < -0.39 is 47.8 Å². The number of nitrogens with zero attached hydrogens (tertiary/aromatic N) is 3. The van der Waals surface area contributed by atoms with Crippen molar-refractivity contribution in [2.24, 2.45) is 0 Å². The summed E-state index contributed by atoms with van der Waals surface area (Å²) >= 11 is 0. The number of aliphatic hydroxyl groups is 3. The molecule has 1 saturated heterocycles. The minimum Gasteiger partial charge on any atom is -0.397 e. The summed E-state index contributed by atoms with van der Waals surface area (Å²) in [6.45, 7) is -0.530. The van der Waals surface area contributed by atoms with Gasteiger partial charge < -0.3 is 24.5 Å². The second kappa shape index (κ2) is 6.39. The molecule has 27 heavy (non-hydrogen) atoms. The first kappa shape index (κ1) is 17.5. The monoisotopic (exact) mass is 379 g/mol. The summed E-state index contributed by atoms with van der Waals surface area (Å²) in [5.74, 6) is -1.03. The zero-order valence-corrected chi connectivity index (χ0v) is 13.6. The van der Waals surface area contributed by atoms with Gasteiger partial charge in [0, 0.05) is 6.07 Å². The van der Waals surface area contributed by atoms with Crippen molar-refractivity contribution in [3.8, 4) is 11.6 Å². The van der Waals surface area contributed by atoms with E-state index in [1.165, 1.54) is 22.8 Å². The third-order valence-electron chi connectivity index (χ3n) is 4.42. The Morgan fingerprint density at radius 1 is 1.26 bits per heavy atom. The summed E-state index contributed by atoms with van der Waals surface area (Å²) in [6.07, 6.45) is -5.00. The number of aromatic nitrogens is 2. The minimum atomic E-state index is -1.42. The van der Waals surface area contributed by atoms with Crippen LogP contribution in [0.2, 0.25) is 0 Å². The number of aliphatic hydroxyl groups excluding tert-OH is 3. The van der Waals surface area contributed by atoms with Crippen LogP contribution >= 0.6 is 0 Å². The molecule has 4 rings (SSSR count). The van der Waals surface area contributed by atoms with Crippen LogP contribution in [-0.2, 0) is 4.74 Å². The summed E-state index contributed by atoms with van der Waals surface area (Å²) < 4.78 is 25.7. The van der Waals surface area contributed by atoms with Crippen LogP contribution in [0.4, 0.5) is 10.3 Å². The van der Waals surface area contributed by atoms with E-state index in [0.717, 1.165) is 12.1 Å². The Morgan fingerprint density at radius 2 is 2.04 bits per heavy atom. The lowest BCUT2D eigenvalue weighted by atomic mass is 10.1. The van der Waals surface area contributed by atoms with Crippen LogP contribution in [-0.4, -0.2) is 54.7 Å². The Labute approximate surface area is 150 Å². The van der Waals surface area contributed by atoms with Gasteiger partial charge in [-0.15, -0.1) is 0 Å². The van der Waals surface area contributed by atoms with Crippen molar-refractivity contribution in [1.29, 1.82) is 0 Å². The number of hydrogen-bond donors (Lipinski definition) is 3. The quantitative estimate of drug-likeness (QED) is 0.449. The van der Waals surface area contributed by atoms with Crippen LogP contribution in [0.15, 0.2) is 34.7 Å². The predicted octanol–water partition coefficient (Wildman–Crippen LogP) is 0.955. The Morgan fingerprint density at radius 3 is 2.67 bits per heavy atom. The maximum absolute atomic E-state index is 13.6. The first-order valence-electron chi connectivity index (χ1n) is 7.95. The van der Waals surface area contributed by atoms with E-state index in [1.54, 1.807) is 0 Å². The molecule has 3 heterocycles. The van der Waals surface area contributed by atoms with Gasteiger partial charge in [0.05, 0.1) is 23.7 Å². The molecule has 4 atom stereocenters. The molecule has 3 N–H and O–H groups in total. The summed E-state index contributed by atoms with van der Waals surface area (Å²) in [4.78, 5) is 14.4. The zero-order valence-electron chi connectivity index (χ0n) is 13.6. The van der Waals surface area contributed by atoms with Crippen LogP contribution in [0, 0.1) is 15.9 Å². The minimum absolute atomic E-state index is 0.00366. The molecule has 1 aromatic carbocycles. The van der Waals surface area contributed by atoms with E-state index in [1.807, 2.05) is 0 Å². The molecule has 0 radical (unpaired) electrons. The number of ether oxygens (including phenoxy) is 1. The van der Waals surface area contributed by atoms with Gasteiger partial charge in [-0.3, -0.25) is 14.7 Å². The number of benzene rings is 1. The Hall–Kier alpha value is -2.86. The summed E-state index contributed by atoms with van der Waals surface area (Å²) in [7, 11) is 0. The van der Waals surface area contributed by atoms with Crippen LogP contribution in [0.3, 0.4) is 0 Å². The largest absolute Gasteiger partial charge is 0.433 e. The molecule has 1 aliphatic heterocycles. The topological polar surface area (TPSA) is 144 Å². The fourth-order valence-electron chi connectivity index (χ4n) is 3.14. The molecule has 11 heteroatoms. The molecule has 10 nitrogen and oxygen atoms in total. The fourth-order valence-corrected chi connectivity index (χ4v) is 3.14. The number of fused-ring (bicyclic) bond motifs is 1. The molecule has 0 saturated carbocycles. The number of imidazole rings is 1. The molecule has 0 bridgehead atoms. The van der Waals surface area contributed by atoms with Gasteiger partial charge in [-0.25, -0.2) is 9.37 Å². The normalized spacial score (nSPS) is 25.3. The highest BCUT2D eigenvalue weighted by Gasteiger charge is 2.45. The van der Waals surface area contributed by atoms with Gasteiger partial charge in [0.2, 0.25) is 0 Å². The van der Waals surface area contributed by atoms with Crippen LogP contribution < -0.4 is 0 Å². The highest BCUT2D eigenvalue weighted by Crippen LogP contribution is 2.37. The highest BCUT2D eigenvalue weighted by atomic mass is 19.1. The lowest BCUT2D eigenvalue weighted by Gasteiger charge is -2.19. The molecule has 1 aliphatic rings. The van der Waals surface area contributed by atoms with E-state index >= 15 is 0 Å². The van der Waals surface area contributed by atoms with Crippen LogP contribution in [0.25, 0.3) is 22.6 Å². The second-order valence-corrected chi connectivity index (χ2v) is 6.06. The Bertz CT molecular complexity index is 1020. The highest BCUT2D eigenvalue weighted by molar-refractivity contribution is 5.80. The average Bonchev–Trinajstić information content (AvgIpc) is 3.32. The van der Waals surface area contributed by atoms with Crippen molar-refractivity contribution in [3.05, 3.63) is 46.3 Å². The SMILES string of the molecule is O=[N+]([O-])c1ccc(-c2nc3cc(F)ccc3n2[C@H]2O[C@@H](CO)[C@H](O)[C@@H]2O)o1. The van der Waals surface area contributed by atoms with E-state index in [9.17, 15) is 29.8 Å². The van der Waals surface area contributed by atoms with E-state index in [0.29, 0.717) is 5.52 Å². The molecule has 0 unspecified atom stereocenters. The summed E-state index contributed by atoms with van der Waals surface area (Å²) in [5.41, 5.74) is 0.544. The van der Waals surface area contributed by atoms with E-state index in [2.05, 4.69) is 4.98 Å².